The number of aromatic nitrogens is 1. The second kappa shape index (κ2) is 4.86. The molecule has 3 heteroatoms. The highest BCUT2D eigenvalue weighted by Gasteiger charge is 2.21. The fourth-order valence-corrected chi connectivity index (χ4v) is 3.08. The monoisotopic (exact) mass is 276 g/mol. The van der Waals surface area contributed by atoms with E-state index in [-0.39, 0.29) is 6.61 Å². The van der Waals surface area contributed by atoms with Crippen LogP contribution in [0.3, 0.4) is 0 Å². The number of anilines is 2. The molecule has 0 saturated carbocycles. The van der Waals surface area contributed by atoms with E-state index in [0.717, 1.165) is 35.2 Å². The number of fused-ring (bicyclic) bond motifs is 2. The molecule has 3 nitrogen and oxygen atoms in total. The maximum absolute atomic E-state index is 9.65. The van der Waals surface area contributed by atoms with E-state index in [0.29, 0.717) is 0 Å². The average molecular weight is 276 g/mol. The molecule has 0 radical (unpaired) electrons. The summed E-state index contributed by atoms with van der Waals surface area (Å²) in [6.45, 7) is 0.973. The van der Waals surface area contributed by atoms with Crippen molar-refractivity contribution in [1.29, 1.82) is 0 Å². The van der Waals surface area contributed by atoms with Crippen LogP contribution in [0.2, 0.25) is 0 Å². The number of hydrogen-bond acceptors (Lipinski definition) is 3. The third-order valence-corrected chi connectivity index (χ3v) is 4.12. The normalized spacial score (nSPS) is 13.7. The summed E-state index contributed by atoms with van der Waals surface area (Å²) in [7, 11) is 0. The number of aliphatic hydroxyl groups excluding tert-OH is 1. The van der Waals surface area contributed by atoms with Gasteiger partial charge in [0.2, 0.25) is 0 Å². The Morgan fingerprint density at radius 1 is 1.05 bits per heavy atom. The van der Waals surface area contributed by atoms with Gasteiger partial charge in [0.1, 0.15) is 5.82 Å². The Morgan fingerprint density at radius 3 is 2.76 bits per heavy atom. The lowest BCUT2D eigenvalue weighted by molar-refractivity contribution is 0.283. The summed E-state index contributed by atoms with van der Waals surface area (Å²) in [6, 6.07) is 18.4. The zero-order valence-corrected chi connectivity index (χ0v) is 11.7. The summed E-state index contributed by atoms with van der Waals surface area (Å²) in [5.41, 5.74) is 4.45. The van der Waals surface area contributed by atoms with Crippen LogP contribution in [0.1, 0.15) is 11.1 Å². The van der Waals surface area contributed by atoms with Gasteiger partial charge in [-0.05, 0) is 35.7 Å². The summed E-state index contributed by atoms with van der Waals surface area (Å²) >= 11 is 0. The summed E-state index contributed by atoms with van der Waals surface area (Å²) in [5.74, 6) is 0.919. The van der Waals surface area contributed by atoms with Gasteiger partial charge in [-0.25, -0.2) is 4.98 Å². The quantitative estimate of drug-likeness (QED) is 0.779. The van der Waals surface area contributed by atoms with Gasteiger partial charge < -0.3 is 10.0 Å². The highest BCUT2D eigenvalue weighted by atomic mass is 16.3. The van der Waals surface area contributed by atoms with Crippen molar-refractivity contribution in [2.75, 3.05) is 11.4 Å². The van der Waals surface area contributed by atoms with E-state index in [9.17, 15) is 5.11 Å². The van der Waals surface area contributed by atoms with Crippen molar-refractivity contribution in [3.8, 4) is 0 Å². The Bertz CT molecular complexity index is 813. The molecule has 0 fully saturated rings. The van der Waals surface area contributed by atoms with Gasteiger partial charge in [0.05, 0.1) is 12.1 Å². The lowest BCUT2D eigenvalue weighted by Crippen LogP contribution is -2.15. The Labute approximate surface area is 123 Å². The van der Waals surface area contributed by atoms with E-state index in [2.05, 4.69) is 29.2 Å². The molecule has 0 unspecified atom stereocenters. The predicted molar refractivity (Wildman–Crippen MR) is 84.8 cm³/mol. The smallest absolute Gasteiger partial charge is 0.134 e. The van der Waals surface area contributed by atoms with E-state index in [4.69, 9.17) is 4.98 Å². The second-order valence-electron chi connectivity index (χ2n) is 5.35. The Kier molecular flexibility index (Phi) is 2.86. The molecule has 0 saturated heterocycles. The van der Waals surface area contributed by atoms with Crippen molar-refractivity contribution in [3.05, 3.63) is 65.7 Å². The fraction of sp³-hybridized carbons (Fsp3) is 0.167. The number of aliphatic hydroxyl groups is 1. The Balaban J connectivity index is 1.88. The molecule has 2 heterocycles. The molecule has 104 valence electrons. The van der Waals surface area contributed by atoms with Gasteiger partial charge in [-0.2, -0.15) is 0 Å². The highest BCUT2D eigenvalue weighted by Crippen LogP contribution is 2.34. The molecule has 3 aromatic rings. The van der Waals surface area contributed by atoms with Gasteiger partial charge in [-0.15, -0.1) is 0 Å². The van der Waals surface area contributed by atoms with Crippen LogP contribution in [0.5, 0.6) is 0 Å². The van der Waals surface area contributed by atoms with Crippen molar-refractivity contribution in [2.24, 2.45) is 0 Å². The third kappa shape index (κ3) is 1.98. The van der Waals surface area contributed by atoms with Gasteiger partial charge in [-0.1, -0.05) is 36.4 Å². The number of benzene rings is 2. The van der Waals surface area contributed by atoms with E-state index < -0.39 is 0 Å². The van der Waals surface area contributed by atoms with Crippen LogP contribution in [0.15, 0.2) is 54.6 Å². The zero-order chi connectivity index (χ0) is 14.2. The maximum Gasteiger partial charge on any atom is 0.134 e. The molecular weight excluding hydrogens is 260 g/mol. The predicted octanol–water partition coefficient (Wildman–Crippen LogP) is 3.42. The molecule has 1 aliphatic heterocycles. The number of hydrogen-bond donors (Lipinski definition) is 1. The van der Waals surface area contributed by atoms with Crippen molar-refractivity contribution in [2.45, 2.75) is 13.0 Å². The fourth-order valence-electron chi connectivity index (χ4n) is 3.08. The number of pyridine rings is 1. The minimum Gasteiger partial charge on any atom is -0.392 e. The first-order valence-corrected chi connectivity index (χ1v) is 7.22. The first-order chi connectivity index (χ1) is 10.4. The van der Waals surface area contributed by atoms with Crippen molar-refractivity contribution in [1.82, 2.24) is 4.98 Å². The topological polar surface area (TPSA) is 36.4 Å². The molecule has 0 spiro atoms. The summed E-state index contributed by atoms with van der Waals surface area (Å²) in [6.07, 6.45) is 1.04. The van der Waals surface area contributed by atoms with Crippen LogP contribution in [0, 0.1) is 0 Å². The first-order valence-electron chi connectivity index (χ1n) is 7.22. The molecule has 4 rings (SSSR count). The molecule has 0 bridgehead atoms. The summed E-state index contributed by atoms with van der Waals surface area (Å²) in [5, 5.41) is 10.7. The molecule has 0 amide bonds. The minimum absolute atomic E-state index is 0.0333. The second-order valence-corrected chi connectivity index (χ2v) is 5.35. The third-order valence-electron chi connectivity index (χ3n) is 4.12. The van der Waals surface area contributed by atoms with Crippen LogP contribution >= 0.6 is 0 Å². The number of rotatable bonds is 2. The number of para-hydroxylation sites is 2. The van der Waals surface area contributed by atoms with Crippen LogP contribution in [-0.2, 0) is 13.0 Å². The van der Waals surface area contributed by atoms with Crippen LogP contribution < -0.4 is 4.90 Å². The van der Waals surface area contributed by atoms with E-state index >= 15 is 0 Å². The number of nitrogens with zero attached hydrogens (tertiary/aromatic N) is 2. The zero-order valence-electron chi connectivity index (χ0n) is 11.7. The van der Waals surface area contributed by atoms with Gasteiger partial charge in [0.25, 0.3) is 0 Å². The molecule has 1 aromatic heterocycles. The lowest BCUT2D eigenvalue weighted by atomic mass is 10.1. The van der Waals surface area contributed by atoms with Gasteiger partial charge >= 0.3 is 0 Å². The van der Waals surface area contributed by atoms with Gasteiger partial charge in [-0.3, -0.25) is 0 Å². The Morgan fingerprint density at radius 2 is 1.86 bits per heavy atom. The lowest BCUT2D eigenvalue weighted by Gasteiger charge is -2.20. The molecular formula is C18H16N2O. The van der Waals surface area contributed by atoms with E-state index in [1.807, 2.05) is 30.3 Å². The van der Waals surface area contributed by atoms with E-state index in [1.165, 1.54) is 11.3 Å². The molecule has 2 aromatic carbocycles. The molecule has 0 atom stereocenters. The standard InChI is InChI=1S/C18H16N2O/c21-12-14-11-18(19-16-7-3-2-6-15(14)16)20-10-9-13-5-1-4-8-17(13)20/h1-8,11,21H,9-10,12H2. The first kappa shape index (κ1) is 12.4. The molecule has 0 aliphatic carbocycles. The van der Waals surface area contributed by atoms with Crippen molar-refractivity contribution >= 4 is 22.4 Å². The molecule has 1 N–H and O–H groups in total. The largest absolute Gasteiger partial charge is 0.392 e. The van der Waals surface area contributed by atoms with Gasteiger partial charge in [0.15, 0.2) is 0 Å². The van der Waals surface area contributed by atoms with Crippen LogP contribution in [-0.4, -0.2) is 16.6 Å². The van der Waals surface area contributed by atoms with Gasteiger partial charge in [0, 0.05) is 17.6 Å². The molecule has 21 heavy (non-hydrogen) atoms. The Hall–Kier alpha value is -2.39. The maximum atomic E-state index is 9.65. The van der Waals surface area contributed by atoms with Crippen LogP contribution in [0.25, 0.3) is 10.9 Å². The molecule has 1 aliphatic rings. The van der Waals surface area contributed by atoms with Crippen LogP contribution in [0.4, 0.5) is 11.5 Å². The SMILES string of the molecule is OCc1cc(N2CCc3ccccc32)nc2ccccc12. The highest BCUT2D eigenvalue weighted by molar-refractivity contribution is 5.85. The summed E-state index contributed by atoms with van der Waals surface area (Å²) < 4.78 is 0. The summed E-state index contributed by atoms with van der Waals surface area (Å²) in [4.78, 5) is 7.02. The van der Waals surface area contributed by atoms with Crippen molar-refractivity contribution in [3.63, 3.8) is 0 Å². The average Bonchev–Trinajstić information content (AvgIpc) is 2.98. The van der Waals surface area contributed by atoms with Crippen molar-refractivity contribution < 1.29 is 5.11 Å². The minimum atomic E-state index is 0.0333. The van der Waals surface area contributed by atoms with E-state index in [1.54, 1.807) is 0 Å².